The molecule has 5 heterocycles. The van der Waals surface area contributed by atoms with Gasteiger partial charge in [-0.1, -0.05) is 88.7 Å². The van der Waals surface area contributed by atoms with Crippen LogP contribution in [-0.4, -0.2) is 83.0 Å². The summed E-state index contributed by atoms with van der Waals surface area (Å²) in [5.41, 5.74) is 3.72. The van der Waals surface area contributed by atoms with Crippen molar-refractivity contribution in [3.05, 3.63) is 136 Å². The maximum absolute atomic E-state index is 15.2. The number of aryl methyl sites for hydroxylation is 1. The molecule has 4 aliphatic heterocycles. The fourth-order valence-corrected chi connectivity index (χ4v) is 13.5. The molecule has 9 rings (SSSR count). The number of aliphatic hydroxyl groups excluding tert-OH is 1. The predicted octanol–water partition coefficient (Wildman–Crippen LogP) is 6.53. The smallest absolute Gasteiger partial charge is 0.264 e. The first-order valence-electron chi connectivity index (χ1n) is 21.0. The number of hydrogen-bond acceptors (Lipinski definition) is 9. The van der Waals surface area contributed by atoms with E-state index >= 15 is 4.79 Å². The Balaban J connectivity index is 0.991. The van der Waals surface area contributed by atoms with Crippen LogP contribution >= 0.6 is 15.9 Å². The standard InChI is InChI=1S/C46H52BrN7O5Si/c1-31-42(60(2,3)58)41(19-24-51-28-39(49-50-51)37(29-55)33-12-6-4-7-13-33)59-46(31)38-26-34(47)17-18-40(38)52(44(46)57)27-32-11-10-16-36(25-32)53-30-54(35-14-8-5-9-15-35)45(43(53)56)20-22-48-23-21-45/h4-18,25-26,28,31,37,41-42,48,55,58H,19-24,27,29-30H2,1-3H3/t31-,37?,41+,42-,46+/m1/s1. The summed E-state index contributed by atoms with van der Waals surface area (Å²) in [5, 5.41) is 22.5. The average molecular weight is 891 g/mol. The summed E-state index contributed by atoms with van der Waals surface area (Å²) in [4.78, 5) is 47.6. The molecule has 3 saturated heterocycles. The predicted molar refractivity (Wildman–Crippen MR) is 237 cm³/mol. The van der Waals surface area contributed by atoms with Gasteiger partial charge >= 0.3 is 0 Å². The number of para-hydroxylation sites is 1. The van der Waals surface area contributed by atoms with E-state index in [1.54, 1.807) is 4.68 Å². The van der Waals surface area contributed by atoms with Gasteiger partial charge in [0.05, 0.1) is 43.2 Å². The summed E-state index contributed by atoms with van der Waals surface area (Å²) in [5.74, 6) is -0.686. The summed E-state index contributed by atoms with van der Waals surface area (Å²) in [6.07, 6.45) is 3.38. The first-order valence-corrected chi connectivity index (χ1v) is 24.8. The Morgan fingerprint density at radius 1 is 0.933 bits per heavy atom. The molecule has 0 aliphatic carbocycles. The molecule has 3 N–H and O–H groups in total. The van der Waals surface area contributed by atoms with Gasteiger partial charge in [-0.15, -0.1) is 5.10 Å². The number of rotatable bonds is 11. The van der Waals surface area contributed by atoms with E-state index in [1.165, 1.54) is 0 Å². The van der Waals surface area contributed by atoms with Crippen LogP contribution in [0.2, 0.25) is 18.6 Å². The number of aliphatic hydroxyl groups is 1. The molecular formula is C46H52BrN7O5Si. The summed E-state index contributed by atoms with van der Waals surface area (Å²) in [7, 11) is -2.91. The molecule has 4 aliphatic rings. The molecule has 312 valence electrons. The van der Waals surface area contributed by atoms with Crippen molar-refractivity contribution < 1.29 is 24.2 Å². The van der Waals surface area contributed by atoms with E-state index in [-0.39, 0.29) is 42.3 Å². The summed E-state index contributed by atoms with van der Waals surface area (Å²) in [6, 6.07) is 33.9. The van der Waals surface area contributed by atoms with Crippen LogP contribution in [-0.2, 0) is 33.0 Å². The van der Waals surface area contributed by atoms with Crippen LogP contribution in [0.25, 0.3) is 0 Å². The maximum Gasteiger partial charge on any atom is 0.264 e. The van der Waals surface area contributed by atoms with E-state index in [2.05, 4.69) is 55.5 Å². The molecule has 60 heavy (non-hydrogen) atoms. The van der Waals surface area contributed by atoms with Gasteiger partial charge in [0.25, 0.3) is 11.8 Å². The average Bonchev–Trinajstić information content (AvgIpc) is 3.97. The number of piperidine rings is 1. The van der Waals surface area contributed by atoms with Gasteiger partial charge in [0.2, 0.25) is 0 Å². The van der Waals surface area contributed by atoms with Crippen LogP contribution < -0.4 is 20.0 Å². The molecular weight excluding hydrogens is 839 g/mol. The molecule has 14 heteroatoms. The molecule has 0 bridgehead atoms. The fraction of sp³-hybridized carbons (Fsp3) is 0.391. The van der Waals surface area contributed by atoms with Gasteiger partial charge in [0.1, 0.15) is 5.54 Å². The lowest BCUT2D eigenvalue weighted by atomic mass is 9.82. The molecule has 0 saturated carbocycles. The molecule has 2 spiro atoms. The first-order chi connectivity index (χ1) is 28.9. The van der Waals surface area contributed by atoms with E-state index in [0.717, 1.165) is 64.2 Å². The number of nitrogens with one attached hydrogen (secondary N) is 1. The van der Waals surface area contributed by atoms with Crippen LogP contribution in [0.4, 0.5) is 17.1 Å². The van der Waals surface area contributed by atoms with Crippen LogP contribution in [0.1, 0.15) is 54.5 Å². The van der Waals surface area contributed by atoms with Crippen LogP contribution in [0.3, 0.4) is 0 Å². The highest BCUT2D eigenvalue weighted by molar-refractivity contribution is 9.10. The minimum absolute atomic E-state index is 0.0966. The minimum atomic E-state index is -2.91. The zero-order valence-corrected chi connectivity index (χ0v) is 36.8. The number of carbonyl (C=O) groups excluding carboxylic acids is 2. The Morgan fingerprint density at radius 2 is 1.65 bits per heavy atom. The van der Waals surface area contributed by atoms with Crippen molar-refractivity contribution in [2.24, 2.45) is 5.92 Å². The molecule has 1 aromatic heterocycles. The van der Waals surface area contributed by atoms with Crippen molar-refractivity contribution in [3.63, 3.8) is 0 Å². The van der Waals surface area contributed by atoms with Crippen molar-refractivity contribution in [2.75, 3.05) is 41.1 Å². The summed E-state index contributed by atoms with van der Waals surface area (Å²) >= 11 is 3.69. The third kappa shape index (κ3) is 6.90. The van der Waals surface area contributed by atoms with Crippen molar-refractivity contribution in [2.45, 2.75) is 81.1 Å². The Bertz CT molecular complexity index is 2370. The zero-order valence-electron chi connectivity index (χ0n) is 34.2. The number of fused-ring (bicyclic) bond motifs is 2. The largest absolute Gasteiger partial charge is 0.432 e. The van der Waals surface area contributed by atoms with Crippen LogP contribution in [0.5, 0.6) is 0 Å². The monoisotopic (exact) mass is 889 g/mol. The number of anilines is 3. The Morgan fingerprint density at radius 3 is 2.37 bits per heavy atom. The lowest BCUT2D eigenvalue weighted by Gasteiger charge is -2.39. The van der Waals surface area contributed by atoms with E-state index in [1.807, 2.05) is 120 Å². The number of carbonyl (C=O) groups is 2. The second-order valence-corrected chi connectivity index (χ2v) is 22.2. The number of benzene rings is 4. The topological polar surface area (TPSA) is 136 Å². The quantitative estimate of drug-likeness (QED) is 0.127. The highest BCUT2D eigenvalue weighted by Crippen LogP contribution is 2.60. The number of nitrogens with zero attached hydrogens (tertiary/aromatic N) is 6. The lowest BCUT2D eigenvalue weighted by molar-refractivity contribution is -0.146. The van der Waals surface area contributed by atoms with Crippen molar-refractivity contribution in [1.29, 1.82) is 0 Å². The summed E-state index contributed by atoms with van der Waals surface area (Å²) in [6.45, 7) is 8.54. The van der Waals surface area contributed by atoms with Gasteiger partial charge in [0.15, 0.2) is 13.9 Å². The Hall–Kier alpha value is -4.70. The van der Waals surface area contributed by atoms with Gasteiger partial charge in [0, 0.05) is 45.6 Å². The third-order valence-corrected chi connectivity index (χ3v) is 16.4. The van der Waals surface area contributed by atoms with Crippen molar-refractivity contribution >= 4 is 53.1 Å². The van der Waals surface area contributed by atoms with Crippen LogP contribution in [0.15, 0.2) is 114 Å². The van der Waals surface area contributed by atoms with Crippen molar-refractivity contribution in [1.82, 2.24) is 20.3 Å². The van der Waals surface area contributed by atoms with Gasteiger partial charge in [-0.3, -0.25) is 19.2 Å². The lowest BCUT2D eigenvalue weighted by Crippen LogP contribution is -2.55. The molecule has 12 nitrogen and oxygen atoms in total. The molecule has 5 atom stereocenters. The number of amides is 2. The molecule has 1 unspecified atom stereocenters. The SMILES string of the molecule is C[C@@H]1[C@@H]([Si](C)(C)O)[C@H](CCn2cc(C(CO)c3ccccc3)nn2)O[C@@]12C(=O)N(Cc1cccc(N3CN(c4ccccc4)C4(CCNCC4)C3=O)c1)c1ccc(Br)cc12. The minimum Gasteiger partial charge on any atom is -0.432 e. The van der Waals surface area contributed by atoms with Gasteiger partial charge in [-0.05, 0) is 99.0 Å². The highest BCUT2D eigenvalue weighted by atomic mass is 79.9. The molecule has 0 radical (unpaired) electrons. The fourth-order valence-electron chi connectivity index (χ4n) is 10.5. The highest BCUT2D eigenvalue weighted by Gasteiger charge is 2.66. The number of ether oxygens (including phenoxy) is 1. The zero-order chi connectivity index (χ0) is 41.8. The Kier molecular flexibility index (Phi) is 10.8. The van der Waals surface area contributed by atoms with E-state index in [4.69, 9.17) is 4.74 Å². The van der Waals surface area contributed by atoms with Crippen LogP contribution in [0, 0.1) is 5.92 Å². The second kappa shape index (κ2) is 16.0. The molecule has 3 fully saturated rings. The van der Waals surface area contributed by atoms with Crippen molar-refractivity contribution in [3.8, 4) is 0 Å². The van der Waals surface area contributed by atoms with E-state index < -0.39 is 25.6 Å². The number of aromatic nitrogens is 3. The van der Waals surface area contributed by atoms with E-state index in [0.29, 0.717) is 25.3 Å². The Labute approximate surface area is 360 Å². The molecule has 2 amide bonds. The molecule has 5 aromatic rings. The van der Waals surface area contributed by atoms with Gasteiger partial charge in [-0.25, -0.2) is 0 Å². The van der Waals surface area contributed by atoms with Gasteiger partial charge in [-0.2, -0.15) is 0 Å². The second-order valence-electron chi connectivity index (χ2n) is 17.3. The molecule has 4 aromatic carbocycles. The summed E-state index contributed by atoms with van der Waals surface area (Å²) < 4.78 is 9.72. The number of hydrogen-bond donors (Lipinski definition) is 3. The maximum atomic E-state index is 15.2. The number of halogens is 1. The normalized spacial score (nSPS) is 24.2. The third-order valence-electron chi connectivity index (χ3n) is 13.4. The first kappa shape index (κ1) is 40.7. The van der Waals surface area contributed by atoms with E-state index in [9.17, 15) is 14.7 Å². The van der Waals surface area contributed by atoms with Gasteiger partial charge < -0.3 is 29.8 Å².